The van der Waals surface area contributed by atoms with E-state index >= 15 is 0 Å². The molecule has 23 heavy (non-hydrogen) atoms. The van der Waals surface area contributed by atoms with E-state index in [1.165, 1.54) is 67.8 Å². The Balaban J connectivity index is 1.50. The molecule has 2 aromatic carbocycles. The number of piperazine rings is 1. The molecule has 0 radical (unpaired) electrons. The summed E-state index contributed by atoms with van der Waals surface area (Å²) in [5, 5.41) is 0. The standard InChI is InChI=1S/C21H28N2/c1-18-5-3-7-21(17-18)20-10-8-19(9-11-20)6-4-12-23-15-13-22(2)14-16-23/h3,5,7-11,17H,4,6,12-16H2,1-2H3. The summed E-state index contributed by atoms with van der Waals surface area (Å²) in [5.41, 5.74) is 5.40. The molecular weight excluding hydrogens is 280 g/mol. The molecule has 0 aliphatic carbocycles. The maximum absolute atomic E-state index is 2.60. The summed E-state index contributed by atoms with van der Waals surface area (Å²) in [6, 6.07) is 17.8. The fraction of sp³-hybridized carbons (Fsp3) is 0.429. The highest BCUT2D eigenvalue weighted by molar-refractivity contribution is 5.64. The van der Waals surface area contributed by atoms with E-state index in [9.17, 15) is 0 Å². The van der Waals surface area contributed by atoms with E-state index in [0.29, 0.717) is 0 Å². The summed E-state index contributed by atoms with van der Waals surface area (Å²) in [7, 11) is 2.22. The van der Waals surface area contributed by atoms with E-state index in [2.05, 4.69) is 72.3 Å². The summed E-state index contributed by atoms with van der Waals surface area (Å²) in [4.78, 5) is 5.02. The lowest BCUT2D eigenvalue weighted by molar-refractivity contribution is 0.153. The maximum Gasteiger partial charge on any atom is 0.0110 e. The third-order valence-electron chi connectivity index (χ3n) is 4.84. The van der Waals surface area contributed by atoms with Gasteiger partial charge in [0.15, 0.2) is 0 Å². The molecule has 1 fully saturated rings. The van der Waals surface area contributed by atoms with Crippen molar-refractivity contribution >= 4 is 0 Å². The van der Waals surface area contributed by atoms with Gasteiger partial charge in [0.2, 0.25) is 0 Å². The first-order valence-electron chi connectivity index (χ1n) is 8.77. The average Bonchev–Trinajstić information content (AvgIpc) is 2.57. The van der Waals surface area contributed by atoms with Crippen molar-refractivity contribution in [2.75, 3.05) is 39.8 Å². The minimum Gasteiger partial charge on any atom is -0.304 e. The molecular formula is C21H28N2. The molecule has 1 aliphatic rings. The second-order valence-corrected chi connectivity index (χ2v) is 6.81. The zero-order valence-electron chi connectivity index (χ0n) is 14.5. The summed E-state index contributed by atoms with van der Waals surface area (Å²) < 4.78 is 0. The molecule has 1 heterocycles. The van der Waals surface area contributed by atoms with Gasteiger partial charge < -0.3 is 9.80 Å². The Morgan fingerprint density at radius 2 is 1.61 bits per heavy atom. The number of likely N-dealkylation sites (N-methyl/N-ethyl adjacent to an activating group) is 1. The molecule has 0 unspecified atom stereocenters. The Morgan fingerprint density at radius 3 is 2.30 bits per heavy atom. The van der Waals surface area contributed by atoms with Gasteiger partial charge in [-0.05, 0) is 50.0 Å². The SMILES string of the molecule is Cc1cccc(-c2ccc(CCCN3CCN(C)CC3)cc2)c1. The van der Waals surface area contributed by atoms with Gasteiger partial charge in [-0.25, -0.2) is 0 Å². The second-order valence-electron chi connectivity index (χ2n) is 6.81. The third-order valence-corrected chi connectivity index (χ3v) is 4.84. The van der Waals surface area contributed by atoms with E-state index in [-0.39, 0.29) is 0 Å². The van der Waals surface area contributed by atoms with Crippen LogP contribution in [0, 0.1) is 6.92 Å². The van der Waals surface area contributed by atoms with E-state index in [4.69, 9.17) is 0 Å². The molecule has 0 N–H and O–H groups in total. The van der Waals surface area contributed by atoms with Gasteiger partial charge in [-0.1, -0.05) is 54.1 Å². The van der Waals surface area contributed by atoms with Crippen LogP contribution in [0.5, 0.6) is 0 Å². The van der Waals surface area contributed by atoms with Crippen LogP contribution in [0.3, 0.4) is 0 Å². The van der Waals surface area contributed by atoms with Crippen molar-refractivity contribution in [3.63, 3.8) is 0 Å². The van der Waals surface area contributed by atoms with Crippen LogP contribution in [0.4, 0.5) is 0 Å². The van der Waals surface area contributed by atoms with E-state index < -0.39 is 0 Å². The molecule has 0 amide bonds. The second kappa shape index (κ2) is 7.76. The zero-order chi connectivity index (χ0) is 16.1. The average molecular weight is 308 g/mol. The predicted molar refractivity (Wildman–Crippen MR) is 98.9 cm³/mol. The summed E-state index contributed by atoms with van der Waals surface area (Å²) in [6.07, 6.45) is 2.44. The maximum atomic E-state index is 2.60. The summed E-state index contributed by atoms with van der Waals surface area (Å²) in [6.45, 7) is 8.26. The number of hydrogen-bond donors (Lipinski definition) is 0. The van der Waals surface area contributed by atoms with E-state index in [1.807, 2.05) is 0 Å². The van der Waals surface area contributed by atoms with Crippen LogP contribution in [0.2, 0.25) is 0 Å². The van der Waals surface area contributed by atoms with Gasteiger partial charge in [-0.15, -0.1) is 0 Å². The van der Waals surface area contributed by atoms with Crippen LogP contribution >= 0.6 is 0 Å². The molecule has 2 nitrogen and oxygen atoms in total. The minimum atomic E-state index is 1.18. The quantitative estimate of drug-likeness (QED) is 0.828. The summed E-state index contributed by atoms with van der Waals surface area (Å²) >= 11 is 0. The Labute approximate surface area is 140 Å². The van der Waals surface area contributed by atoms with Crippen LogP contribution in [-0.4, -0.2) is 49.6 Å². The van der Waals surface area contributed by atoms with Crippen molar-refractivity contribution in [2.24, 2.45) is 0 Å². The van der Waals surface area contributed by atoms with Crippen molar-refractivity contribution in [1.29, 1.82) is 0 Å². The lowest BCUT2D eigenvalue weighted by atomic mass is 10.0. The van der Waals surface area contributed by atoms with Crippen LogP contribution in [-0.2, 0) is 6.42 Å². The Kier molecular flexibility index (Phi) is 5.47. The van der Waals surface area contributed by atoms with Crippen molar-refractivity contribution < 1.29 is 0 Å². The Bertz CT molecular complexity index is 610. The third kappa shape index (κ3) is 4.66. The zero-order valence-corrected chi connectivity index (χ0v) is 14.5. The van der Waals surface area contributed by atoms with Crippen LogP contribution in [0.1, 0.15) is 17.5 Å². The Hall–Kier alpha value is -1.64. The van der Waals surface area contributed by atoms with Crippen molar-refractivity contribution in [2.45, 2.75) is 19.8 Å². The number of hydrogen-bond acceptors (Lipinski definition) is 2. The number of rotatable bonds is 5. The van der Waals surface area contributed by atoms with Gasteiger partial charge in [0.25, 0.3) is 0 Å². The van der Waals surface area contributed by atoms with Crippen molar-refractivity contribution in [1.82, 2.24) is 9.80 Å². The summed E-state index contributed by atoms with van der Waals surface area (Å²) in [5.74, 6) is 0. The Morgan fingerprint density at radius 1 is 0.870 bits per heavy atom. The van der Waals surface area contributed by atoms with Crippen LogP contribution < -0.4 is 0 Å². The largest absolute Gasteiger partial charge is 0.304 e. The van der Waals surface area contributed by atoms with Crippen molar-refractivity contribution in [3.05, 3.63) is 59.7 Å². The number of aryl methyl sites for hydroxylation is 2. The fourth-order valence-electron chi connectivity index (χ4n) is 3.27. The molecule has 0 atom stereocenters. The van der Waals surface area contributed by atoms with Gasteiger partial charge in [-0.2, -0.15) is 0 Å². The first-order valence-corrected chi connectivity index (χ1v) is 8.77. The van der Waals surface area contributed by atoms with Gasteiger partial charge >= 0.3 is 0 Å². The van der Waals surface area contributed by atoms with E-state index in [1.54, 1.807) is 0 Å². The molecule has 1 saturated heterocycles. The molecule has 0 bridgehead atoms. The minimum absolute atomic E-state index is 1.18. The lowest BCUT2D eigenvalue weighted by Crippen LogP contribution is -2.44. The highest BCUT2D eigenvalue weighted by Crippen LogP contribution is 2.21. The molecule has 0 aromatic heterocycles. The molecule has 122 valence electrons. The highest BCUT2D eigenvalue weighted by atomic mass is 15.2. The monoisotopic (exact) mass is 308 g/mol. The number of benzene rings is 2. The number of nitrogens with zero attached hydrogens (tertiary/aromatic N) is 2. The fourth-order valence-corrected chi connectivity index (χ4v) is 3.27. The molecule has 1 aliphatic heterocycles. The van der Waals surface area contributed by atoms with Crippen LogP contribution in [0.25, 0.3) is 11.1 Å². The normalized spacial score (nSPS) is 16.6. The van der Waals surface area contributed by atoms with E-state index in [0.717, 1.165) is 0 Å². The lowest BCUT2D eigenvalue weighted by Gasteiger charge is -2.32. The van der Waals surface area contributed by atoms with Crippen LogP contribution in [0.15, 0.2) is 48.5 Å². The molecule has 2 aromatic rings. The van der Waals surface area contributed by atoms with Gasteiger partial charge in [0, 0.05) is 26.2 Å². The smallest absolute Gasteiger partial charge is 0.0110 e. The highest BCUT2D eigenvalue weighted by Gasteiger charge is 2.12. The molecule has 2 heteroatoms. The van der Waals surface area contributed by atoms with Crippen molar-refractivity contribution in [3.8, 4) is 11.1 Å². The molecule has 0 saturated carbocycles. The predicted octanol–water partition coefficient (Wildman–Crippen LogP) is 3.84. The van der Waals surface area contributed by atoms with Gasteiger partial charge in [0.05, 0.1) is 0 Å². The van der Waals surface area contributed by atoms with Gasteiger partial charge in [0.1, 0.15) is 0 Å². The first-order chi connectivity index (χ1) is 11.2. The first kappa shape index (κ1) is 16.2. The molecule has 3 rings (SSSR count). The molecule has 0 spiro atoms. The van der Waals surface area contributed by atoms with Gasteiger partial charge in [-0.3, -0.25) is 0 Å². The topological polar surface area (TPSA) is 6.48 Å².